The molecule has 2 aliphatic rings. The number of thiophene rings is 1. The highest BCUT2D eigenvalue weighted by molar-refractivity contribution is 7.17. The molecule has 25 heavy (non-hydrogen) atoms. The zero-order valence-electron chi connectivity index (χ0n) is 14.1. The standard InChI is InChI=1S/C19H18N2O3S/c1-10-5-3-4-6-12(10)17-16-13-7-11(19(23)24-2)8-14(13)25-18(16)21-15(22)9-20-17/h3-6,11H,7-9H2,1-2H3,(H,21,22). The summed E-state index contributed by atoms with van der Waals surface area (Å²) in [6.07, 6.45) is 1.30. The summed E-state index contributed by atoms with van der Waals surface area (Å²) in [5.74, 6) is -0.424. The van der Waals surface area contributed by atoms with Crippen LogP contribution < -0.4 is 5.32 Å². The van der Waals surface area contributed by atoms with Crippen LogP contribution in [0.5, 0.6) is 0 Å². The van der Waals surface area contributed by atoms with Gasteiger partial charge in [0, 0.05) is 16.0 Å². The summed E-state index contributed by atoms with van der Waals surface area (Å²) in [6.45, 7) is 2.15. The molecule has 0 radical (unpaired) electrons. The fraction of sp³-hybridized carbons (Fsp3) is 0.316. The summed E-state index contributed by atoms with van der Waals surface area (Å²) in [4.78, 5) is 29.8. The zero-order valence-corrected chi connectivity index (χ0v) is 14.9. The molecule has 2 aromatic rings. The smallest absolute Gasteiger partial charge is 0.309 e. The SMILES string of the molecule is COC(=O)C1Cc2sc3c(c2C1)C(c1ccccc1C)=NCC(=O)N3. The van der Waals surface area contributed by atoms with Crippen molar-refractivity contribution >= 4 is 33.9 Å². The van der Waals surface area contributed by atoms with Crippen LogP contribution in [0.25, 0.3) is 0 Å². The second-order valence-corrected chi connectivity index (χ2v) is 7.47. The maximum absolute atomic E-state index is 12.1. The monoisotopic (exact) mass is 354 g/mol. The van der Waals surface area contributed by atoms with Crippen LogP contribution in [0, 0.1) is 12.8 Å². The predicted molar refractivity (Wildman–Crippen MR) is 97.5 cm³/mol. The fourth-order valence-electron chi connectivity index (χ4n) is 3.56. The second kappa shape index (κ2) is 6.11. The van der Waals surface area contributed by atoms with E-state index in [4.69, 9.17) is 4.74 Å². The molecule has 6 heteroatoms. The number of hydrogen-bond acceptors (Lipinski definition) is 5. The average molecular weight is 354 g/mol. The van der Waals surface area contributed by atoms with Crippen molar-refractivity contribution in [1.29, 1.82) is 0 Å². The van der Waals surface area contributed by atoms with E-state index in [1.54, 1.807) is 11.3 Å². The van der Waals surface area contributed by atoms with Gasteiger partial charge in [0.15, 0.2) is 0 Å². The first kappa shape index (κ1) is 16.0. The Morgan fingerprint density at radius 3 is 2.88 bits per heavy atom. The van der Waals surface area contributed by atoms with Crippen LogP contribution in [0.2, 0.25) is 0 Å². The fourth-order valence-corrected chi connectivity index (χ4v) is 4.89. The number of fused-ring (bicyclic) bond motifs is 3. The molecular weight excluding hydrogens is 336 g/mol. The van der Waals surface area contributed by atoms with E-state index in [1.807, 2.05) is 31.2 Å². The molecule has 1 aliphatic carbocycles. The molecule has 0 fully saturated rings. The van der Waals surface area contributed by atoms with Crippen LogP contribution in [0.4, 0.5) is 5.00 Å². The van der Waals surface area contributed by atoms with E-state index in [0.717, 1.165) is 37.8 Å². The number of anilines is 1. The Hall–Kier alpha value is -2.47. The number of rotatable bonds is 2. The lowest BCUT2D eigenvalue weighted by Crippen LogP contribution is -2.17. The zero-order chi connectivity index (χ0) is 17.6. The first-order valence-electron chi connectivity index (χ1n) is 8.21. The maximum atomic E-state index is 12.1. The van der Waals surface area contributed by atoms with E-state index in [2.05, 4.69) is 10.3 Å². The number of carbonyl (C=O) groups is 2. The molecule has 0 saturated heterocycles. The van der Waals surface area contributed by atoms with Crippen molar-refractivity contribution in [3.63, 3.8) is 0 Å². The Bertz CT molecular complexity index is 913. The normalized spacial score (nSPS) is 18.7. The van der Waals surface area contributed by atoms with E-state index in [1.165, 1.54) is 7.11 Å². The number of esters is 1. The Morgan fingerprint density at radius 1 is 1.32 bits per heavy atom. The van der Waals surface area contributed by atoms with Gasteiger partial charge in [0.25, 0.3) is 0 Å². The Balaban J connectivity index is 1.85. The summed E-state index contributed by atoms with van der Waals surface area (Å²) in [5.41, 5.74) is 5.09. The molecule has 1 aromatic carbocycles. The quantitative estimate of drug-likeness (QED) is 0.843. The Morgan fingerprint density at radius 2 is 2.12 bits per heavy atom. The van der Waals surface area contributed by atoms with Gasteiger partial charge in [0.1, 0.15) is 11.5 Å². The van der Waals surface area contributed by atoms with Gasteiger partial charge in [-0.1, -0.05) is 24.3 Å². The summed E-state index contributed by atoms with van der Waals surface area (Å²) in [6, 6.07) is 8.05. The molecular formula is C19H18N2O3S. The van der Waals surface area contributed by atoms with Gasteiger partial charge in [-0.25, -0.2) is 0 Å². The topological polar surface area (TPSA) is 67.8 Å². The molecule has 0 spiro atoms. The lowest BCUT2D eigenvalue weighted by atomic mass is 9.95. The third-order valence-corrected chi connectivity index (χ3v) is 5.95. The third kappa shape index (κ3) is 2.66. The Kier molecular flexibility index (Phi) is 3.92. The van der Waals surface area contributed by atoms with Crippen LogP contribution in [-0.2, 0) is 27.2 Å². The van der Waals surface area contributed by atoms with Crippen LogP contribution in [0.1, 0.15) is 27.1 Å². The van der Waals surface area contributed by atoms with E-state index >= 15 is 0 Å². The van der Waals surface area contributed by atoms with Gasteiger partial charge >= 0.3 is 5.97 Å². The first-order valence-corrected chi connectivity index (χ1v) is 9.03. The van der Waals surface area contributed by atoms with Gasteiger partial charge < -0.3 is 10.1 Å². The molecule has 1 atom stereocenters. The summed E-state index contributed by atoms with van der Waals surface area (Å²) >= 11 is 1.56. The van der Waals surface area contributed by atoms with Crippen LogP contribution >= 0.6 is 11.3 Å². The summed E-state index contributed by atoms with van der Waals surface area (Å²) in [5, 5.41) is 3.82. The van der Waals surface area contributed by atoms with E-state index < -0.39 is 0 Å². The number of hydrogen-bond donors (Lipinski definition) is 1. The van der Waals surface area contributed by atoms with Gasteiger partial charge in [0.2, 0.25) is 5.91 Å². The Labute approximate surface area is 149 Å². The van der Waals surface area contributed by atoms with Crippen molar-refractivity contribution in [1.82, 2.24) is 0 Å². The van der Waals surface area contributed by atoms with E-state index in [9.17, 15) is 9.59 Å². The molecule has 2 heterocycles. The molecule has 0 bridgehead atoms. The van der Waals surface area contributed by atoms with Crippen molar-refractivity contribution in [2.45, 2.75) is 19.8 Å². The number of amides is 1. The van der Waals surface area contributed by atoms with Gasteiger partial charge in [0.05, 0.1) is 18.7 Å². The molecule has 1 N–H and O–H groups in total. The number of methoxy groups -OCH3 is 1. The summed E-state index contributed by atoms with van der Waals surface area (Å²) < 4.78 is 4.92. The minimum atomic E-state index is -0.177. The van der Waals surface area contributed by atoms with E-state index in [-0.39, 0.29) is 24.3 Å². The average Bonchev–Trinajstić information content (AvgIpc) is 3.09. The molecule has 4 rings (SSSR count). The predicted octanol–water partition coefficient (Wildman–Crippen LogP) is 2.73. The van der Waals surface area contributed by atoms with Crippen LogP contribution in [-0.4, -0.2) is 31.2 Å². The lowest BCUT2D eigenvalue weighted by Gasteiger charge is -2.12. The van der Waals surface area contributed by atoms with Crippen molar-refractivity contribution in [2.75, 3.05) is 19.0 Å². The second-order valence-electron chi connectivity index (χ2n) is 6.36. The van der Waals surface area contributed by atoms with Crippen LogP contribution in [0.15, 0.2) is 29.3 Å². The number of carbonyl (C=O) groups excluding carboxylic acids is 2. The number of nitrogens with zero attached hydrogens (tertiary/aromatic N) is 1. The molecule has 1 unspecified atom stereocenters. The highest BCUT2D eigenvalue weighted by atomic mass is 32.1. The van der Waals surface area contributed by atoms with Gasteiger partial charge in [-0.15, -0.1) is 11.3 Å². The highest BCUT2D eigenvalue weighted by Gasteiger charge is 2.36. The minimum absolute atomic E-state index is 0.103. The molecule has 5 nitrogen and oxygen atoms in total. The van der Waals surface area contributed by atoms with Crippen molar-refractivity contribution in [3.05, 3.63) is 51.4 Å². The molecule has 128 valence electrons. The van der Waals surface area contributed by atoms with Gasteiger partial charge in [-0.05, 0) is 30.9 Å². The largest absolute Gasteiger partial charge is 0.469 e. The number of nitrogens with one attached hydrogen (secondary N) is 1. The van der Waals surface area contributed by atoms with Crippen molar-refractivity contribution in [2.24, 2.45) is 10.9 Å². The number of aryl methyl sites for hydroxylation is 1. The third-order valence-electron chi connectivity index (χ3n) is 4.78. The molecule has 1 aromatic heterocycles. The molecule has 1 aliphatic heterocycles. The van der Waals surface area contributed by atoms with Crippen molar-refractivity contribution < 1.29 is 14.3 Å². The van der Waals surface area contributed by atoms with Gasteiger partial charge in [-0.2, -0.15) is 0 Å². The lowest BCUT2D eigenvalue weighted by molar-refractivity contribution is -0.145. The maximum Gasteiger partial charge on any atom is 0.309 e. The number of benzene rings is 1. The number of ether oxygens (including phenoxy) is 1. The molecule has 1 amide bonds. The molecule has 0 saturated carbocycles. The van der Waals surface area contributed by atoms with Crippen LogP contribution in [0.3, 0.4) is 0 Å². The minimum Gasteiger partial charge on any atom is -0.469 e. The van der Waals surface area contributed by atoms with Gasteiger partial charge in [-0.3, -0.25) is 14.6 Å². The number of aliphatic imine (C=N–C) groups is 1. The highest BCUT2D eigenvalue weighted by Crippen LogP contribution is 2.43. The van der Waals surface area contributed by atoms with E-state index in [0.29, 0.717) is 12.8 Å². The van der Waals surface area contributed by atoms with Crippen molar-refractivity contribution in [3.8, 4) is 0 Å². The first-order chi connectivity index (χ1) is 12.1. The summed E-state index contributed by atoms with van der Waals surface area (Å²) in [7, 11) is 1.43.